The van der Waals surface area contributed by atoms with E-state index in [4.69, 9.17) is 5.73 Å². The summed E-state index contributed by atoms with van der Waals surface area (Å²) in [5.41, 5.74) is 8.08. The van der Waals surface area contributed by atoms with Gasteiger partial charge in [-0.1, -0.05) is 13.8 Å². The van der Waals surface area contributed by atoms with Gasteiger partial charge in [-0.3, -0.25) is 9.59 Å². The summed E-state index contributed by atoms with van der Waals surface area (Å²) in [4.78, 5) is 31.8. The zero-order valence-electron chi connectivity index (χ0n) is 13.0. The smallest absolute Gasteiger partial charge is 0.257 e. The molecule has 0 atom stereocenters. The van der Waals surface area contributed by atoms with Crippen molar-refractivity contribution in [2.24, 2.45) is 5.92 Å². The van der Waals surface area contributed by atoms with Crippen LogP contribution in [0.25, 0.3) is 0 Å². The van der Waals surface area contributed by atoms with Crippen LogP contribution in [0.4, 0.5) is 5.82 Å². The summed E-state index contributed by atoms with van der Waals surface area (Å²) < 4.78 is 0. The van der Waals surface area contributed by atoms with Crippen LogP contribution in [0.2, 0.25) is 0 Å². The van der Waals surface area contributed by atoms with Gasteiger partial charge in [0.05, 0.1) is 5.56 Å². The summed E-state index contributed by atoms with van der Waals surface area (Å²) >= 11 is 0. The summed E-state index contributed by atoms with van der Waals surface area (Å²) in [5.74, 6) is 0.181. The Morgan fingerprint density at radius 2 is 2.05 bits per heavy atom. The fourth-order valence-electron chi connectivity index (χ4n) is 2.45. The first kappa shape index (κ1) is 15.3. The second-order valence-electron chi connectivity index (χ2n) is 5.89. The Labute approximate surface area is 124 Å². The van der Waals surface area contributed by atoms with E-state index in [1.165, 1.54) is 4.90 Å². The van der Waals surface area contributed by atoms with Gasteiger partial charge in [-0.05, 0) is 11.6 Å². The van der Waals surface area contributed by atoms with E-state index >= 15 is 0 Å². The third-order valence-corrected chi connectivity index (χ3v) is 3.64. The zero-order valence-corrected chi connectivity index (χ0v) is 13.0. The number of aromatic nitrogens is 1. The first-order valence-corrected chi connectivity index (χ1v) is 7.10. The van der Waals surface area contributed by atoms with Crippen molar-refractivity contribution < 1.29 is 9.59 Å². The molecular weight excluding hydrogens is 268 g/mol. The Morgan fingerprint density at radius 1 is 1.38 bits per heavy atom. The van der Waals surface area contributed by atoms with Gasteiger partial charge in [-0.15, -0.1) is 0 Å². The summed E-state index contributed by atoms with van der Waals surface area (Å²) in [6.45, 7) is 4.92. The van der Waals surface area contributed by atoms with Gasteiger partial charge >= 0.3 is 0 Å². The number of carbonyl (C=O) groups excluding carboxylic acids is 2. The van der Waals surface area contributed by atoms with Crippen LogP contribution in [0, 0.1) is 5.92 Å². The van der Waals surface area contributed by atoms with Crippen molar-refractivity contribution in [2.75, 3.05) is 26.4 Å². The van der Waals surface area contributed by atoms with Gasteiger partial charge in [-0.2, -0.15) is 0 Å². The number of carbonyl (C=O) groups is 2. The minimum absolute atomic E-state index is 0.0313. The quantitative estimate of drug-likeness (QED) is 0.878. The summed E-state index contributed by atoms with van der Waals surface area (Å²) in [5, 5.41) is 0. The maximum atomic E-state index is 12.1. The van der Waals surface area contributed by atoms with Gasteiger partial charge in [-0.25, -0.2) is 4.98 Å². The van der Waals surface area contributed by atoms with Gasteiger partial charge in [0.2, 0.25) is 5.91 Å². The lowest BCUT2D eigenvalue weighted by atomic mass is 10.0. The molecule has 1 aromatic rings. The van der Waals surface area contributed by atoms with Crippen molar-refractivity contribution in [3.05, 3.63) is 22.9 Å². The number of amides is 2. The maximum Gasteiger partial charge on any atom is 0.257 e. The first-order valence-electron chi connectivity index (χ1n) is 7.10. The molecule has 0 unspecified atom stereocenters. The lowest BCUT2D eigenvalue weighted by molar-refractivity contribution is -0.135. The molecule has 0 spiro atoms. The van der Waals surface area contributed by atoms with Gasteiger partial charge < -0.3 is 15.5 Å². The highest BCUT2D eigenvalue weighted by atomic mass is 16.2. The maximum absolute atomic E-state index is 12.1. The van der Waals surface area contributed by atoms with Crippen molar-refractivity contribution in [3.8, 4) is 0 Å². The lowest BCUT2D eigenvalue weighted by Crippen LogP contribution is -2.39. The molecule has 6 nitrogen and oxygen atoms in total. The number of pyridine rings is 1. The van der Waals surface area contributed by atoms with Gasteiger partial charge in [0, 0.05) is 45.2 Å². The van der Waals surface area contributed by atoms with Crippen molar-refractivity contribution in [2.45, 2.75) is 26.8 Å². The van der Waals surface area contributed by atoms with Gasteiger partial charge in [0.15, 0.2) is 0 Å². The van der Waals surface area contributed by atoms with E-state index in [1.807, 2.05) is 18.7 Å². The standard InChI is InChI=1S/C15H22N4O2/c1-9(2)14(20)19-6-5-12-10(8-19)7-11(13(16)17-12)15(21)18(3)4/h7,9H,5-6,8H2,1-4H3,(H2,16,17). The molecule has 1 aliphatic rings. The monoisotopic (exact) mass is 290 g/mol. The van der Waals surface area contributed by atoms with Crippen LogP contribution in [-0.4, -0.2) is 47.2 Å². The molecule has 1 aliphatic heterocycles. The Hall–Kier alpha value is -2.11. The highest BCUT2D eigenvalue weighted by Gasteiger charge is 2.25. The molecule has 0 saturated heterocycles. The van der Waals surface area contributed by atoms with E-state index in [-0.39, 0.29) is 23.6 Å². The first-order chi connectivity index (χ1) is 9.81. The second kappa shape index (κ2) is 5.71. The molecule has 2 N–H and O–H groups in total. The van der Waals surface area contributed by atoms with E-state index < -0.39 is 0 Å². The molecule has 0 aliphatic carbocycles. The number of hydrogen-bond acceptors (Lipinski definition) is 4. The normalized spacial score (nSPS) is 14.0. The van der Waals surface area contributed by atoms with Crippen LogP contribution in [0.3, 0.4) is 0 Å². The third-order valence-electron chi connectivity index (χ3n) is 3.64. The number of fused-ring (bicyclic) bond motifs is 1. The van der Waals surface area contributed by atoms with E-state index in [0.29, 0.717) is 25.1 Å². The molecule has 0 bridgehead atoms. The Balaban J connectivity index is 2.33. The molecule has 1 aromatic heterocycles. The Kier molecular flexibility index (Phi) is 4.16. The predicted molar refractivity (Wildman–Crippen MR) is 80.6 cm³/mol. The highest BCUT2D eigenvalue weighted by molar-refractivity contribution is 5.98. The fraction of sp³-hybridized carbons (Fsp3) is 0.533. The van der Waals surface area contributed by atoms with Gasteiger partial charge in [0.1, 0.15) is 5.82 Å². The zero-order chi connectivity index (χ0) is 15.7. The molecule has 2 rings (SSSR count). The molecule has 21 heavy (non-hydrogen) atoms. The molecule has 2 heterocycles. The number of nitrogen functional groups attached to an aromatic ring is 1. The number of hydrogen-bond donors (Lipinski definition) is 1. The van der Waals surface area contributed by atoms with Gasteiger partial charge in [0.25, 0.3) is 5.91 Å². The Morgan fingerprint density at radius 3 is 2.62 bits per heavy atom. The average molecular weight is 290 g/mol. The fourth-order valence-corrected chi connectivity index (χ4v) is 2.45. The van der Waals surface area contributed by atoms with Crippen LogP contribution in [0.1, 0.15) is 35.5 Å². The van der Waals surface area contributed by atoms with E-state index in [0.717, 1.165) is 11.3 Å². The van der Waals surface area contributed by atoms with Crippen LogP contribution >= 0.6 is 0 Å². The molecule has 6 heteroatoms. The van der Waals surface area contributed by atoms with E-state index in [9.17, 15) is 9.59 Å². The van der Waals surface area contributed by atoms with Crippen LogP contribution < -0.4 is 5.73 Å². The summed E-state index contributed by atoms with van der Waals surface area (Å²) in [6, 6.07) is 1.78. The number of nitrogens with zero attached hydrogens (tertiary/aromatic N) is 3. The van der Waals surface area contributed by atoms with E-state index in [2.05, 4.69) is 4.98 Å². The third kappa shape index (κ3) is 2.99. The summed E-state index contributed by atoms with van der Waals surface area (Å²) in [6.07, 6.45) is 0.675. The minimum Gasteiger partial charge on any atom is -0.383 e. The topological polar surface area (TPSA) is 79.5 Å². The Bertz CT molecular complexity index is 581. The molecule has 0 aromatic carbocycles. The minimum atomic E-state index is -0.171. The van der Waals surface area contributed by atoms with Crippen LogP contribution in [0.5, 0.6) is 0 Å². The van der Waals surface area contributed by atoms with Crippen molar-refractivity contribution in [1.82, 2.24) is 14.8 Å². The number of anilines is 1. The lowest BCUT2D eigenvalue weighted by Gasteiger charge is -2.30. The SMILES string of the molecule is CC(C)C(=O)N1CCc2nc(N)c(C(=O)N(C)C)cc2C1. The molecule has 114 valence electrons. The van der Waals surface area contributed by atoms with Crippen LogP contribution in [-0.2, 0) is 17.8 Å². The molecule has 2 amide bonds. The number of nitrogens with two attached hydrogens (primary N) is 1. The number of rotatable bonds is 2. The highest BCUT2D eigenvalue weighted by Crippen LogP contribution is 2.23. The second-order valence-corrected chi connectivity index (χ2v) is 5.89. The van der Waals surface area contributed by atoms with Crippen molar-refractivity contribution >= 4 is 17.6 Å². The average Bonchev–Trinajstić information content (AvgIpc) is 2.44. The summed E-state index contributed by atoms with van der Waals surface area (Å²) in [7, 11) is 3.35. The molecule has 0 saturated carbocycles. The van der Waals surface area contributed by atoms with E-state index in [1.54, 1.807) is 20.2 Å². The van der Waals surface area contributed by atoms with Crippen molar-refractivity contribution in [3.63, 3.8) is 0 Å². The largest absolute Gasteiger partial charge is 0.383 e. The predicted octanol–water partition coefficient (Wildman–Crippen LogP) is 0.906. The van der Waals surface area contributed by atoms with Crippen LogP contribution in [0.15, 0.2) is 6.07 Å². The molecule has 0 fully saturated rings. The molecule has 0 radical (unpaired) electrons. The van der Waals surface area contributed by atoms with Crippen molar-refractivity contribution in [1.29, 1.82) is 0 Å². The molecular formula is C15H22N4O2.